The summed E-state index contributed by atoms with van der Waals surface area (Å²) in [6, 6.07) is 13.9. The largest absolute Gasteiger partial charge is 0.492 e. The van der Waals surface area contributed by atoms with Gasteiger partial charge in [0.05, 0.1) is 19.2 Å². The van der Waals surface area contributed by atoms with Crippen LogP contribution in [-0.2, 0) is 17.8 Å². The average molecular weight is 619 g/mol. The molecule has 0 saturated heterocycles. The van der Waals surface area contributed by atoms with Crippen molar-refractivity contribution in [1.29, 1.82) is 0 Å². The molecule has 3 rings (SSSR count). The van der Waals surface area contributed by atoms with Crippen molar-refractivity contribution in [3.05, 3.63) is 78.8 Å². The van der Waals surface area contributed by atoms with Crippen molar-refractivity contribution in [3.63, 3.8) is 0 Å². The maximum Gasteiger partial charge on any atom is 0.337 e. The van der Waals surface area contributed by atoms with Crippen LogP contribution in [-0.4, -0.2) is 35.1 Å². The van der Waals surface area contributed by atoms with Crippen molar-refractivity contribution >= 4 is 62.0 Å². The van der Waals surface area contributed by atoms with Gasteiger partial charge in [-0.15, -0.1) is 0 Å². The number of rotatable bonds is 8. The maximum atomic E-state index is 12.8. The number of esters is 1. The molecule has 1 aromatic heterocycles. The minimum atomic E-state index is -0.403. The van der Waals surface area contributed by atoms with Gasteiger partial charge in [0.1, 0.15) is 21.8 Å². The molecule has 2 aromatic carbocycles. The van der Waals surface area contributed by atoms with Gasteiger partial charge in [-0.2, -0.15) is 0 Å². The van der Waals surface area contributed by atoms with Gasteiger partial charge in [0.25, 0.3) is 5.91 Å². The van der Waals surface area contributed by atoms with E-state index >= 15 is 0 Å². The Kier molecular flexibility index (Phi) is 8.33. The Labute approximate surface area is 206 Å². The summed E-state index contributed by atoms with van der Waals surface area (Å²) in [5.74, 6) is 0.0302. The molecule has 162 valence electrons. The molecule has 10 heteroatoms. The fourth-order valence-corrected chi connectivity index (χ4v) is 4.50. The minimum Gasteiger partial charge on any atom is -0.492 e. The first-order valence-electron chi connectivity index (χ1n) is 9.14. The SMILES string of the molecule is COC(=O)c1ccc(CNC(=O)c2c(I)nc(Br)n2CCOc2ccc(Cl)cc2)cc1. The monoisotopic (exact) mass is 617 g/mol. The summed E-state index contributed by atoms with van der Waals surface area (Å²) in [4.78, 5) is 28.7. The molecule has 7 nitrogen and oxygen atoms in total. The summed E-state index contributed by atoms with van der Waals surface area (Å²) in [6.07, 6.45) is 0. The van der Waals surface area contributed by atoms with E-state index < -0.39 is 5.97 Å². The first-order valence-corrected chi connectivity index (χ1v) is 11.4. The standard InChI is InChI=1S/C21H18BrClIN3O4/c1-30-20(29)14-4-2-13(3-5-14)12-25-19(28)17-18(24)26-21(22)27(17)10-11-31-16-8-6-15(23)7-9-16/h2-9H,10-12H2,1H3,(H,25,28). The highest BCUT2D eigenvalue weighted by Crippen LogP contribution is 2.20. The number of hydrogen-bond donors (Lipinski definition) is 1. The van der Waals surface area contributed by atoms with Gasteiger partial charge in [0, 0.05) is 11.6 Å². The molecule has 3 aromatic rings. The van der Waals surface area contributed by atoms with Crippen molar-refractivity contribution in [2.45, 2.75) is 13.1 Å². The van der Waals surface area contributed by atoms with Crippen LogP contribution in [0.15, 0.2) is 53.3 Å². The number of benzene rings is 2. The zero-order valence-electron chi connectivity index (χ0n) is 16.4. The lowest BCUT2D eigenvalue weighted by molar-refractivity contribution is 0.0600. The predicted octanol–water partition coefficient (Wildman–Crippen LogP) is 4.70. The fourth-order valence-electron chi connectivity index (χ4n) is 2.75. The normalized spacial score (nSPS) is 10.6. The Balaban J connectivity index is 1.62. The van der Waals surface area contributed by atoms with E-state index in [1.807, 2.05) is 22.6 Å². The van der Waals surface area contributed by atoms with Crippen LogP contribution >= 0.6 is 50.1 Å². The van der Waals surface area contributed by atoms with Gasteiger partial charge in [-0.1, -0.05) is 23.7 Å². The highest BCUT2D eigenvalue weighted by atomic mass is 127. The molecule has 0 aliphatic rings. The van der Waals surface area contributed by atoms with Crippen molar-refractivity contribution < 1.29 is 19.1 Å². The van der Waals surface area contributed by atoms with Crippen LogP contribution in [0.3, 0.4) is 0 Å². The van der Waals surface area contributed by atoms with E-state index in [4.69, 9.17) is 16.3 Å². The topological polar surface area (TPSA) is 82.5 Å². The number of carbonyl (C=O) groups excluding carboxylic acids is 2. The summed E-state index contributed by atoms with van der Waals surface area (Å²) in [6.45, 7) is 1.08. The summed E-state index contributed by atoms with van der Waals surface area (Å²) < 4.78 is 13.3. The molecule has 0 radical (unpaired) electrons. The molecular weight excluding hydrogens is 601 g/mol. The number of imidazole rings is 1. The first kappa shape index (κ1) is 23.6. The highest BCUT2D eigenvalue weighted by Gasteiger charge is 2.20. The van der Waals surface area contributed by atoms with Gasteiger partial charge in [0.2, 0.25) is 0 Å². The van der Waals surface area contributed by atoms with E-state index in [1.165, 1.54) is 7.11 Å². The van der Waals surface area contributed by atoms with Crippen LogP contribution in [0.5, 0.6) is 5.75 Å². The number of nitrogens with zero attached hydrogens (tertiary/aromatic N) is 2. The van der Waals surface area contributed by atoms with Gasteiger partial charge in [-0.25, -0.2) is 9.78 Å². The van der Waals surface area contributed by atoms with E-state index in [0.717, 1.165) is 5.56 Å². The van der Waals surface area contributed by atoms with Crippen LogP contribution in [0.25, 0.3) is 0 Å². The molecule has 0 spiro atoms. The Morgan fingerprint density at radius 2 is 1.84 bits per heavy atom. The fraction of sp³-hybridized carbons (Fsp3) is 0.190. The number of methoxy groups -OCH3 is 1. The van der Waals surface area contributed by atoms with E-state index in [0.29, 0.717) is 50.2 Å². The van der Waals surface area contributed by atoms with Crippen LogP contribution in [0.1, 0.15) is 26.4 Å². The smallest absolute Gasteiger partial charge is 0.337 e. The Morgan fingerprint density at radius 1 is 1.16 bits per heavy atom. The molecule has 1 amide bonds. The summed E-state index contributed by atoms with van der Waals surface area (Å²) in [5.41, 5.74) is 1.75. The Hall–Kier alpha value is -2.11. The molecule has 0 fully saturated rings. The van der Waals surface area contributed by atoms with E-state index in [2.05, 4.69) is 31.0 Å². The summed E-state index contributed by atoms with van der Waals surface area (Å²) in [5, 5.41) is 3.53. The molecule has 1 heterocycles. The number of nitrogens with one attached hydrogen (secondary N) is 1. The van der Waals surface area contributed by atoms with Crippen LogP contribution in [0, 0.1) is 3.70 Å². The number of hydrogen-bond acceptors (Lipinski definition) is 5. The van der Waals surface area contributed by atoms with Crippen molar-refractivity contribution in [2.75, 3.05) is 13.7 Å². The van der Waals surface area contributed by atoms with E-state index in [1.54, 1.807) is 53.1 Å². The predicted molar refractivity (Wildman–Crippen MR) is 129 cm³/mol. The molecule has 0 saturated carbocycles. The minimum absolute atomic E-state index is 0.258. The van der Waals surface area contributed by atoms with Crippen molar-refractivity contribution in [2.24, 2.45) is 0 Å². The lowest BCUT2D eigenvalue weighted by Gasteiger charge is -2.12. The Morgan fingerprint density at radius 3 is 2.48 bits per heavy atom. The quantitative estimate of drug-likeness (QED) is 0.293. The maximum absolute atomic E-state index is 12.8. The second-order valence-corrected chi connectivity index (χ2v) is 8.51. The van der Waals surface area contributed by atoms with Gasteiger partial charge in [0.15, 0.2) is 4.73 Å². The van der Waals surface area contributed by atoms with Gasteiger partial charge in [-0.05, 0) is 80.5 Å². The van der Waals surface area contributed by atoms with Crippen LogP contribution in [0.2, 0.25) is 5.02 Å². The molecule has 1 N–H and O–H groups in total. The molecule has 0 aliphatic carbocycles. The zero-order chi connectivity index (χ0) is 22.4. The van der Waals surface area contributed by atoms with Crippen molar-refractivity contribution in [1.82, 2.24) is 14.9 Å². The number of amides is 1. The molecular formula is C21H18BrClIN3O4. The molecule has 0 aliphatic heterocycles. The van der Waals surface area contributed by atoms with Gasteiger partial charge < -0.3 is 19.4 Å². The zero-order valence-corrected chi connectivity index (χ0v) is 20.9. The summed E-state index contributed by atoms with van der Waals surface area (Å²) in [7, 11) is 1.33. The third-order valence-electron chi connectivity index (χ3n) is 4.32. The molecule has 0 atom stereocenters. The third-order valence-corrected chi connectivity index (χ3v) is 5.93. The Bertz CT molecular complexity index is 1070. The molecule has 31 heavy (non-hydrogen) atoms. The highest BCUT2D eigenvalue weighted by molar-refractivity contribution is 14.1. The average Bonchev–Trinajstić information content (AvgIpc) is 3.06. The first-order chi connectivity index (χ1) is 14.9. The lowest BCUT2D eigenvalue weighted by Crippen LogP contribution is -2.27. The van der Waals surface area contributed by atoms with E-state index in [9.17, 15) is 9.59 Å². The molecule has 0 bridgehead atoms. The van der Waals surface area contributed by atoms with E-state index in [-0.39, 0.29) is 5.91 Å². The summed E-state index contributed by atoms with van der Waals surface area (Å²) >= 11 is 11.3. The van der Waals surface area contributed by atoms with Gasteiger partial charge in [-0.3, -0.25) is 4.79 Å². The number of ether oxygens (including phenoxy) is 2. The second kappa shape index (κ2) is 11.0. The van der Waals surface area contributed by atoms with Crippen LogP contribution < -0.4 is 10.1 Å². The van der Waals surface area contributed by atoms with Gasteiger partial charge >= 0.3 is 5.97 Å². The number of aromatic nitrogens is 2. The second-order valence-electron chi connectivity index (χ2n) is 6.35. The van der Waals surface area contributed by atoms with Crippen molar-refractivity contribution in [3.8, 4) is 5.75 Å². The number of carbonyl (C=O) groups is 2. The third kappa shape index (κ3) is 6.20. The molecule has 0 unspecified atom stereocenters. The lowest BCUT2D eigenvalue weighted by atomic mass is 10.1. The number of halogens is 3. The van der Waals surface area contributed by atoms with Crippen LogP contribution in [0.4, 0.5) is 0 Å².